The summed E-state index contributed by atoms with van der Waals surface area (Å²) < 4.78 is 5.62. The highest BCUT2D eigenvalue weighted by Crippen LogP contribution is 2.18. The summed E-state index contributed by atoms with van der Waals surface area (Å²) in [4.78, 5) is 20.3. The van der Waals surface area contributed by atoms with Crippen molar-refractivity contribution in [2.45, 2.75) is 38.3 Å². The van der Waals surface area contributed by atoms with E-state index in [1.54, 1.807) is 6.07 Å². The Kier molecular flexibility index (Phi) is 4.63. The van der Waals surface area contributed by atoms with Gasteiger partial charge in [-0.05, 0) is 18.4 Å². The van der Waals surface area contributed by atoms with Crippen LogP contribution in [0.15, 0.2) is 42.7 Å². The second-order valence-electron chi connectivity index (χ2n) is 5.47. The molecule has 114 valence electrons. The van der Waals surface area contributed by atoms with Crippen LogP contribution in [0, 0.1) is 0 Å². The maximum atomic E-state index is 12.2. The smallest absolute Gasteiger partial charge is 0.270 e. The highest BCUT2D eigenvalue weighted by Gasteiger charge is 2.19. The molecule has 1 heterocycles. The summed E-state index contributed by atoms with van der Waals surface area (Å²) in [6, 6.07) is 11.7. The van der Waals surface area contributed by atoms with E-state index in [1.165, 1.54) is 19.2 Å². The molecule has 0 bridgehead atoms. The molecule has 1 N–H and O–H groups in total. The van der Waals surface area contributed by atoms with Crippen LogP contribution in [0.3, 0.4) is 0 Å². The van der Waals surface area contributed by atoms with Gasteiger partial charge in [0.1, 0.15) is 18.6 Å². The van der Waals surface area contributed by atoms with Crippen molar-refractivity contribution in [3.05, 3.63) is 54.0 Å². The fourth-order valence-electron chi connectivity index (χ4n) is 2.60. The van der Waals surface area contributed by atoms with Crippen molar-refractivity contribution >= 4 is 5.91 Å². The fourth-order valence-corrected chi connectivity index (χ4v) is 2.60. The van der Waals surface area contributed by atoms with E-state index in [4.69, 9.17) is 4.74 Å². The minimum absolute atomic E-state index is 0.154. The van der Waals surface area contributed by atoms with Crippen LogP contribution in [0.5, 0.6) is 5.88 Å². The number of rotatable bonds is 5. The lowest BCUT2D eigenvalue weighted by Crippen LogP contribution is -2.33. The zero-order valence-electron chi connectivity index (χ0n) is 12.4. The Morgan fingerprint density at radius 1 is 1.18 bits per heavy atom. The quantitative estimate of drug-likeness (QED) is 0.921. The van der Waals surface area contributed by atoms with Crippen molar-refractivity contribution in [1.82, 2.24) is 15.3 Å². The van der Waals surface area contributed by atoms with Gasteiger partial charge in [-0.1, -0.05) is 43.2 Å². The zero-order chi connectivity index (χ0) is 15.2. The van der Waals surface area contributed by atoms with Gasteiger partial charge in [0, 0.05) is 12.1 Å². The van der Waals surface area contributed by atoms with Gasteiger partial charge in [-0.3, -0.25) is 4.79 Å². The van der Waals surface area contributed by atoms with Gasteiger partial charge in [-0.2, -0.15) is 0 Å². The molecular formula is C17H19N3O2. The fraction of sp³-hybridized carbons (Fsp3) is 0.353. The van der Waals surface area contributed by atoms with Crippen molar-refractivity contribution in [2.75, 3.05) is 0 Å². The minimum atomic E-state index is -0.154. The highest BCUT2D eigenvalue weighted by atomic mass is 16.5. The number of hydrogen-bond acceptors (Lipinski definition) is 4. The molecule has 1 amide bonds. The number of nitrogens with one attached hydrogen (secondary N) is 1. The summed E-state index contributed by atoms with van der Waals surface area (Å²) in [5, 5.41) is 3.01. The standard InChI is InChI=1S/C17H19N3O2/c21-17(20-14-8-4-5-9-14)15-10-16(19-12-18-15)22-11-13-6-2-1-3-7-13/h1-3,6-7,10,12,14H,4-5,8-9,11H2,(H,20,21). The summed E-state index contributed by atoms with van der Waals surface area (Å²) in [5.41, 5.74) is 1.41. The van der Waals surface area contributed by atoms with E-state index in [9.17, 15) is 4.79 Å². The van der Waals surface area contributed by atoms with Crippen LogP contribution in [-0.2, 0) is 6.61 Å². The highest BCUT2D eigenvalue weighted by molar-refractivity contribution is 5.92. The predicted octanol–water partition coefficient (Wildman–Crippen LogP) is 2.73. The maximum absolute atomic E-state index is 12.2. The lowest BCUT2D eigenvalue weighted by molar-refractivity contribution is 0.0932. The van der Waals surface area contributed by atoms with Gasteiger partial charge in [-0.15, -0.1) is 0 Å². The maximum Gasteiger partial charge on any atom is 0.270 e. The molecule has 0 atom stereocenters. The number of carbonyl (C=O) groups excluding carboxylic acids is 1. The molecule has 0 aliphatic heterocycles. The molecule has 1 saturated carbocycles. The summed E-state index contributed by atoms with van der Waals surface area (Å²) >= 11 is 0. The molecule has 0 unspecified atom stereocenters. The summed E-state index contributed by atoms with van der Waals surface area (Å²) in [6.07, 6.45) is 5.83. The molecule has 22 heavy (non-hydrogen) atoms. The Morgan fingerprint density at radius 3 is 2.73 bits per heavy atom. The topological polar surface area (TPSA) is 64.1 Å². The van der Waals surface area contributed by atoms with E-state index in [0.717, 1.165) is 18.4 Å². The van der Waals surface area contributed by atoms with Gasteiger partial charge in [0.25, 0.3) is 5.91 Å². The third-order valence-corrected chi connectivity index (χ3v) is 3.79. The Hall–Kier alpha value is -2.43. The Morgan fingerprint density at radius 2 is 1.95 bits per heavy atom. The van der Waals surface area contributed by atoms with Crippen molar-refractivity contribution in [3.8, 4) is 5.88 Å². The molecule has 2 aromatic rings. The van der Waals surface area contributed by atoms with Crippen LogP contribution in [0.25, 0.3) is 0 Å². The summed E-state index contributed by atoms with van der Waals surface area (Å²) in [6.45, 7) is 0.418. The normalized spacial score (nSPS) is 14.7. The van der Waals surface area contributed by atoms with Crippen LogP contribution in [0.4, 0.5) is 0 Å². The van der Waals surface area contributed by atoms with Crippen LogP contribution < -0.4 is 10.1 Å². The summed E-state index contributed by atoms with van der Waals surface area (Å²) in [7, 11) is 0. The zero-order valence-corrected chi connectivity index (χ0v) is 12.4. The number of hydrogen-bond donors (Lipinski definition) is 1. The third kappa shape index (κ3) is 3.81. The van der Waals surface area contributed by atoms with Crippen LogP contribution in [0.1, 0.15) is 41.7 Å². The number of carbonyl (C=O) groups is 1. The van der Waals surface area contributed by atoms with E-state index in [1.807, 2.05) is 30.3 Å². The first-order valence-electron chi connectivity index (χ1n) is 7.61. The second-order valence-corrected chi connectivity index (χ2v) is 5.47. The molecule has 1 aromatic heterocycles. The van der Waals surface area contributed by atoms with Crippen LogP contribution in [-0.4, -0.2) is 21.9 Å². The van der Waals surface area contributed by atoms with Crippen LogP contribution >= 0.6 is 0 Å². The van der Waals surface area contributed by atoms with Gasteiger partial charge in [0.2, 0.25) is 5.88 Å². The first kappa shape index (κ1) is 14.5. The van der Waals surface area contributed by atoms with Gasteiger partial charge in [-0.25, -0.2) is 9.97 Å². The Balaban J connectivity index is 1.60. The number of amides is 1. The first-order valence-corrected chi connectivity index (χ1v) is 7.61. The van der Waals surface area contributed by atoms with Gasteiger partial charge >= 0.3 is 0 Å². The van der Waals surface area contributed by atoms with Crippen molar-refractivity contribution in [2.24, 2.45) is 0 Å². The van der Waals surface area contributed by atoms with Crippen molar-refractivity contribution in [1.29, 1.82) is 0 Å². The molecule has 3 rings (SSSR count). The van der Waals surface area contributed by atoms with Gasteiger partial charge in [0.15, 0.2) is 0 Å². The predicted molar refractivity (Wildman–Crippen MR) is 82.5 cm³/mol. The molecule has 1 aliphatic carbocycles. The average Bonchev–Trinajstić information content (AvgIpc) is 3.07. The molecule has 1 aromatic carbocycles. The third-order valence-electron chi connectivity index (χ3n) is 3.79. The SMILES string of the molecule is O=C(NC1CCCC1)c1cc(OCc2ccccc2)ncn1. The molecular weight excluding hydrogens is 278 g/mol. The molecule has 0 radical (unpaired) electrons. The van der Waals surface area contributed by atoms with Gasteiger partial charge < -0.3 is 10.1 Å². The molecule has 1 aliphatic rings. The van der Waals surface area contributed by atoms with E-state index < -0.39 is 0 Å². The minimum Gasteiger partial charge on any atom is -0.473 e. The van der Waals surface area contributed by atoms with E-state index in [-0.39, 0.29) is 11.9 Å². The second kappa shape index (κ2) is 7.02. The van der Waals surface area contributed by atoms with Gasteiger partial charge in [0.05, 0.1) is 0 Å². The average molecular weight is 297 g/mol. The summed E-state index contributed by atoms with van der Waals surface area (Å²) in [5.74, 6) is 0.259. The van der Waals surface area contributed by atoms with Crippen molar-refractivity contribution < 1.29 is 9.53 Å². The molecule has 1 fully saturated rings. The molecule has 0 spiro atoms. The van der Waals surface area contributed by atoms with Crippen LogP contribution in [0.2, 0.25) is 0 Å². The Labute approximate surface area is 129 Å². The number of benzene rings is 1. The lowest BCUT2D eigenvalue weighted by atomic mass is 10.2. The van der Waals surface area contributed by atoms with Crippen molar-refractivity contribution in [3.63, 3.8) is 0 Å². The van der Waals surface area contributed by atoms with E-state index in [2.05, 4.69) is 15.3 Å². The monoisotopic (exact) mass is 297 g/mol. The molecule has 0 saturated heterocycles. The number of aromatic nitrogens is 2. The van der Waals surface area contributed by atoms with E-state index in [0.29, 0.717) is 18.2 Å². The number of ether oxygens (including phenoxy) is 1. The largest absolute Gasteiger partial charge is 0.473 e. The number of nitrogens with zero attached hydrogens (tertiary/aromatic N) is 2. The molecule has 5 nitrogen and oxygen atoms in total. The molecule has 5 heteroatoms. The first-order chi connectivity index (χ1) is 10.8. The lowest BCUT2D eigenvalue weighted by Gasteiger charge is -2.11. The Bertz CT molecular complexity index is 625. The van der Waals surface area contributed by atoms with E-state index >= 15 is 0 Å².